The van der Waals surface area contributed by atoms with E-state index >= 15 is 0 Å². The number of likely N-dealkylation sites (tertiary alicyclic amines) is 1. The van der Waals surface area contributed by atoms with Gasteiger partial charge in [0.25, 0.3) is 5.91 Å². The van der Waals surface area contributed by atoms with E-state index in [-0.39, 0.29) is 29.8 Å². The molecule has 4 nitrogen and oxygen atoms in total. The molecule has 2 aromatic rings. The molecule has 1 fully saturated rings. The summed E-state index contributed by atoms with van der Waals surface area (Å²) in [6.07, 6.45) is 2.39. The minimum Gasteiger partial charge on any atom is -0.465 e. The van der Waals surface area contributed by atoms with Crippen LogP contribution in [0.15, 0.2) is 40.8 Å². The van der Waals surface area contributed by atoms with Gasteiger partial charge in [0.15, 0.2) is 0 Å². The first-order valence-electron chi connectivity index (χ1n) is 10.4. The fraction of sp³-hybridized carbons (Fsp3) is 0.542. The van der Waals surface area contributed by atoms with E-state index in [9.17, 15) is 4.79 Å². The van der Waals surface area contributed by atoms with Gasteiger partial charge >= 0.3 is 0 Å². The van der Waals surface area contributed by atoms with Gasteiger partial charge in [0, 0.05) is 12.1 Å². The van der Waals surface area contributed by atoms with E-state index in [0.29, 0.717) is 12.1 Å². The Morgan fingerprint density at radius 1 is 1.14 bits per heavy atom. The first kappa shape index (κ1) is 23.5. The Balaban J connectivity index is 0.00000300. The number of rotatable bonds is 5. The summed E-state index contributed by atoms with van der Waals surface area (Å²) in [6.45, 7) is 13.5. The van der Waals surface area contributed by atoms with Crippen molar-refractivity contribution in [1.82, 2.24) is 10.2 Å². The molecule has 1 aromatic heterocycles. The Labute approximate surface area is 181 Å². The predicted octanol–water partition coefficient (Wildman–Crippen LogP) is 5.51. The van der Waals surface area contributed by atoms with Crippen molar-refractivity contribution in [3.63, 3.8) is 0 Å². The molecule has 5 heteroatoms. The maximum Gasteiger partial charge on any atom is 0.251 e. The molecule has 0 saturated carbocycles. The van der Waals surface area contributed by atoms with Crippen LogP contribution in [-0.2, 0) is 5.41 Å². The second kappa shape index (κ2) is 9.82. The summed E-state index contributed by atoms with van der Waals surface area (Å²) in [5.41, 5.74) is 2.02. The number of halogens is 1. The number of carbonyl (C=O) groups excluding carboxylic acids is 1. The lowest BCUT2D eigenvalue weighted by atomic mass is 9.87. The predicted molar refractivity (Wildman–Crippen MR) is 121 cm³/mol. The quantitative estimate of drug-likeness (QED) is 0.696. The first-order valence-corrected chi connectivity index (χ1v) is 10.4. The number of nitrogens with one attached hydrogen (secondary N) is 1. The third-order valence-electron chi connectivity index (χ3n) is 5.82. The number of nitrogens with zero attached hydrogens (tertiary/aromatic N) is 1. The lowest BCUT2D eigenvalue weighted by Gasteiger charge is -2.35. The minimum absolute atomic E-state index is 0. The lowest BCUT2D eigenvalue weighted by molar-refractivity contribution is 0.0895. The lowest BCUT2D eigenvalue weighted by Crippen LogP contribution is -2.41. The molecule has 3 rings (SSSR count). The molecule has 1 amide bonds. The molecule has 29 heavy (non-hydrogen) atoms. The molecule has 1 aliphatic heterocycles. The van der Waals surface area contributed by atoms with Crippen molar-refractivity contribution in [2.24, 2.45) is 5.92 Å². The highest BCUT2D eigenvalue weighted by molar-refractivity contribution is 5.94. The molecule has 0 aliphatic carbocycles. The SMILES string of the molecule is Cc1ccc(C(CNC(=O)c2ccc(C(C)(C)C)cc2)N2CCC(C)CC2)o1.Cl. The van der Waals surface area contributed by atoms with Gasteiger partial charge in [0.1, 0.15) is 11.5 Å². The van der Waals surface area contributed by atoms with Gasteiger partial charge in [-0.1, -0.05) is 39.8 Å². The Morgan fingerprint density at radius 3 is 2.28 bits per heavy atom. The molecule has 1 unspecified atom stereocenters. The topological polar surface area (TPSA) is 45.5 Å². The van der Waals surface area contributed by atoms with Gasteiger partial charge in [-0.15, -0.1) is 12.4 Å². The average Bonchev–Trinajstić information content (AvgIpc) is 3.08. The molecule has 1 N–H and O–H groups in total. The number of piperidine rings is 1. The Bertz CT molecular complexity index is 784. The molecule has 1 saturated heterocycles. The third kappa shape index (κ3) is 6.10. The summed E-state index contributed by atoms with van der Waals surface area (Å²) in [5.74, 6) is 2.59. The summed E-state index contributed by atoms with van der Waals surface area (Å²) in [4.78, 5) is 15.2. The largest absolute Gasteiger partial charge is 0.465 e. The van der Waals surface area contributed by atoms with Crippen LogP contribution in [0.2, 0.25) is 0 Å². The van der Waals surface area contributed by atoms with Crippen LogP contribution in [0.3, 0.4) is 0 Å². The molecule has 0 spiro atoms. The van der Waals surface area contributed by atoms with E-state index in [0.717, 1.165) is 30.5 Å². The molecule has 1 aliphatic rings. The van der Waals surface area contributed by atoms with Gasteiger partial charge in [-0.25, -0.2) is 0 Å². The fourth-order valence-electron chi connectivity index (χ4n) is 3.80. The molecular weight excluding hydrogens is 384 g/mol. The van der Waals surface area contributed by atoms with Crippen molar-refractivity contribution in [2.75, 3.05) is 19.6 Å². The molecular formula is C24H35ClN2O2. The first-order chi connectivity index (χ1) is 13.2. The van der Waals surface area contributed by atoms with Crippen molar-refractivity contribution >= 4 is 18.3 Å². The third-order valence-corrected chi connectivity index (χ3v) is 5.82. The van der Waals surface area contributed by atoms with Crippen LogP contribution < -0.4 is 5.32 Å². The smallest absolute Gasteiger partial charge is 0.251 e. The molecule has 0 bridgehead atoms. The van der Waals surface area contributed by atoms with Crippen LogP contribution in [0.1, 0.15) is 74.0 Å². The van der Waals surface area contributed by atoms with Crippen molar-refractivity contribution in [3.8, 4) is 0 Å². The monoisotopic (exact) mass is 418 g/mol. The van der Waals surface area contributed by atoms with Crippen LogP contribution in [-0.4, -0.2) is 30.4 Å². The van der Waals surface area contributed by atoms with Crippen molar-refractivity contribution in [3.05, 3.63) is 59.0 Å². The average molecular weight is 419 g/mol. The summed E-state index contributed by atoms with van der Waals surface area (Å²) in [6, 6.07) is 12.1. The number of furan rings is 1. The van der Waals surface area contributed by atoms with Crippen LogP contribution in [0, 0.1) is 12.8 Å². The zero-order valence-electron chi connectivity index (χ0n) is 18.3. The van der Waals surface area contributed by atoms with Gasteiger partial charge in [-0.05, 0) is 74.0 Å². The standard InChI is InChI=1S/C24H34N2O2.ClH/c1-17-12-14-26(15-13-17)21(22-11-6-18(2)28-22)16-25-23(27)19-7-9-20(10-8-19)24(3,4)5;/h6-11,17,21H,12-16H2,1-5H3,(H,25,27);1H. The zero-order chi connectivity index (χ0) is 20.3. The zero-order valence-corrected chi connectivity index (χ0v) is 19.1. The summed E-state index contributed by atoms with van der Waals surface area (Å²) >= 11 is 0. The van der Waals surface area contributed by atoms with Gasteiger partial charge in [0.2, 0.25) is 0 Å². The number of hydrogen-bond donors (Lipinski definition) is 1. The van der Waals surface area contributed by atoms with E-state index in [1.807, 2.05) is 43.3 Å². The number of amides is 1. The number of carbonyl (C=O) groups is 1. The van der Waals surface area contributed by atoms with Gasteiger partial charge in [-0.2, -0.15) is 0 Å². The maximum atomic E-state index is 12.7. The van der Waals surface area contributed by atoms with E-state index in [1.54, 1.807) is 0 Å². The Hall–Kier alpha value is -1.78. The van der Waals surface area contributed by atoms with Gasteiger partial charge in [-0.3, -0.25) is 9.69 Å². The summed E-state index contributed by atoms with van der Waals surface area (Å²) in [5, 5.41) is 3.13. The van der Waals surface area contributed by atoms with Gasteiger partial charge in [0.05, 0.1) is 6.04 Å². The highest BCUT2D eigenvalue weighted by Gasteiger charge is 2.27. The number of aryl methyl sites for hydroxylation is 1. The van der Waals surface area contributed by atoms with Crippen molar-refractivity contribution < 1.29 is 9.21 Å². The van der Waals surface area contributed by atoms with Crippen molar-refractivity contribution in [2.45, 2.75) is 58.9 Å². The molecule has 2 heterocycles. The Kier molecular flexibility index (Phi) is 7.95. The fourth-order valence-corrected chi connectivity index (χ4v) is 3.80. The molecule has 1 aromatic carbocycles. The molecule has 1 atom stereocenters. The summed E-state index contributed by atoms with van der Waals surface area (Å²) < 4.78 is 5.92. The summed E-state index contributed by atoms with van der Waals surface area (Å²) in [7, 11) is 0. The minimum atomic E-state index is -0.0286. The van der Waals surface area contributed by atoms with Crippen molar-refractivity contribution in [1.29, 1.82) is 0 Å². The molecule has 0 radical (unpaired) electrons. The van der Waals surface area contributed by atoms with E-state index in [1.165, 1.54) is 18.4 Å². The Morgan fingerprint density at radius 2 is 1.76 bits per heavy atom. The van der Waals surface area contributed by atoms with Crippen LogP contribution in [0.25, 0.3) is 0 Å². The van der Waals surface area contributed by atoms with Crippen LogP contribution >= 0.6 is 12.4 Å². The number of benzene rings is 1. The normalized spacial score (nSPS) is 16.9. The highest BCUT2D eigenvalue weighted by Crippen LogP contribution is 2.28. The van der Waals surface area contributed by atoms with Crippen LogP contribution in [0.5, 0.6) is 0 Å². The molecule has 160 valence electrons. The van der Waals surface area contributed by atoms with E-state index < -0.39 is 0 Å². The highest BCUT2D eigenvalue weighted by atomic mass is 35.5. The second-order valence-corrected chi connectivity index (χ2v) is 9.22. The maximum absolute atomic E-state index is 12.7. The number of hydrogen-bond acceptors (Lipinski definition) is 3. The second-order valence-electron chi connectivity index (χ2n) is 9.22. The van der Waals surface area contributed by atoms with Gasteiger partial charge < -0.3 is 9.73 Å². The van der Waals surface area contributed by atoms with E-state index in [2.05, 4.69) is 37.9 Å². The van der Waals surface area contributed by atoms with E-state index in [4.69, 9.17) is 4.42 Å². The van der Waals surface area contributed by atoms with Crippen LogP contribution in [0.4, 0.5) is 0 Å².